The molecule has 0 atom stereocenters. The molecule has 1 aromatic heterocycles. The van der Waals surface area contributed by atoms with Crippen LogP contribution in [0.1, 0.15) is 28.8 Å². The monoisotopic (exact) mass is 316 g/mol. The Morgan fingerprint density at radius 3 is 2.55 bits per heavy atom. The van der Waals surface area contributed by atoms with Crippen LogP contribution in [-0.2, 0) is 11.2 Å². The Labute approximate surface area is 134 Å². The Morgan fingerprint density at radius 2 is 1.82 bits per heavy atom. The van der Waals surface area contributed by atoms with Crippen molar-refractivity contribution in [2.45, 2.75) is 19.3 Å². The first-order valence-corrected chi connectivity index (χ1v) is 8.31. The maximum absolute atomic E-state index is 11.8. The highest BCUT2D eigenvalue weighted by atomic mass is 32.1. The van der Waals surface area contributed by atoms with Crippen molar-refractivity contribution in [3.05, 3.63) is 58.3 Å². The normalized spacial score (nSPS) is 10.2. The van der Waals surface area contributed by atoms with Crippen molar-refractivity contribution in [2.75, 3.05) is 13.1 Å². The van der Waals surface area contributed by atoms with Crippen LogP contribution in [0.15, 0.2) is 47.2 Å². The van der Waals surface area contributed by atoms with Crippen molar-refractivity contribution in [3.8, 4) is 0 Å². The molecule has 2 rings (SSSR count). The van der Waals surface area contributed by atoms with Crippen molar-refractivity contribution in [2.24, 2.45) is 0 Å². The van der Waals surface area contributed by atoms with Gasteiger partial charge in [0, 0.05) is 25.1 Å². The number of thiophene rings is 1. The van der Waals surface area contributed by atoms with Gasteiger partial charge in [0.05, 0.1) is 0 Å². The predicted molar refractivity (Wildman–Crippen MR) is 89.0 cm³/mol. The van der Waals surface area contributed by atoms with E-state index in [1.165, 1.54) is 5.56 Å². The molecular weight excluding hydrogens is 296 g/mol. The number of carbonyl (C=O) groups excluding carboxylic acids is 2. The minimum Gasteiger partial charge on any atom is -0.356 e. The average molecular weight is 316 g/mol. The standard InChI is InChI=1S/C17H20N2O2S/c20-16(18-11-8-14-9-12-22-13-14)7-4-10-19-17(21)15-5-2-1-3-6-15/h1-3,5-6,9,12-13H,4,7-8,10-11H2,(H,18,20)(H,19,21). The number of hydrogen-bond acceptors (Lipinski definition) is 3. The number of rotatable bonds is 8. The lowest BCUT2D eigenvalue weighted by atomic mass is 10.2. The first-order chi connectivity index (χ1) is 10.8. The first-order valence-electron chi connectivity index (χ1n) is 7.37. The topological polar surface area (TPSA) is 58.2 Å². The van der Waals surface area contributed by atoms with E-state index in [2.05, 4.69) is 22.1 Å². The number of hydrogen-bond donors (Lipinski definition) is 2. The van der Waals surface area contributed by atoms with E-state index in [1.807, 2.05) is 23.6 Å². The first kappa shape index (κ1) is 16.2. The van der Waals surface area contributed by atoms with E-state index in [4.69, 9.17) is 0 Å². The van der Waals surface area contributed by atoms with Gasteiger partial charge >= 0.3 is 0 Å². The number of benzene rings is 1. The molecular formula is C17H20N2O2S. The van der Waals surface area contributed by atoms with Gasteiger partial charge in [0.25, 0.3) is 5.91 Å². The van der Waals surface area contributed by atoms with Gasteiger partial charge in [-0.15, -0.1) is 0 Å². The lowest BCUT2D eigenvalue weighted by Crippen LogP contribution is -2.28. The summed E-state index contributed by atoms with van der Waals surface area (Å²) in [5.41, 5.74) is 1.89. The Bertz CT molecular complexity index is 582. The highest BCUT2D eigenvalue weighted by Crippen LogP contribution is 2.05. The molecule has 0 radical (unpaired) electrons. The molecule has 0 bridgehead atoms. The number of nitrogens with one attached hydrogen (secondary N) is 2. The van der Waals surface area contributed by atoms with Crippen molar-refractivity contribution in [1.82, 2.24) is 10.6 Å². The van der Waals surface area contributed by atoms with Gasteiger partial charge in [-0.05, 0) is 47.4 Å². The summed E-state index contributed by atoms with van der Waals surface area (Å²) in [5, 5.41) is 9.83. The Hall–Kier alpha value is -2.14. The summed E-state index contributed by atoms with van der Waals surface area (Å²) in [7, 11) is 0. The van der Waals surface area contributed by atoms with Gasteiger partial charge in [0.2, 0.25) is 5.91 Å². The minimum absolute atomic E-state index is 0.0317. The Morgan fingerprint density at radius 1 is 1.00 bits per heavy atom. The zero-order valence-electron chi connectivity index (χ0n) is 12.4. The van der Waals surface area contributed by atoms with Crippen LogP contribution in [-0.4, -0.2) is 24.9 Å². The maximum atomic E-state index is 11.8. The van der Waals surface area contributed by atoms with Crippen molar-refractivity contribution in [3.63, 3.8) is 0 Å². The van der Waals surface area contributed by atoms with Gasteiger partial charge in [0.15, 0.2) is 0 Å². The summed E-state index contributed by atoms with van der Waals surface area (Å²) in [5.74, 6) is -0.0670. The summed E-state index contributed by atoms with van der Waals surface area (Å²) in [6, 6.07) is 11.1. The van der Waals surface area contributed by atoms with Crippen LogP contribution in [0.5, 0.6) is 0 Å². The summed E-state index contributed by atoms with van der Waals surface area (Å²) < 4.78 is 0. The molecule has 0 spiro atoms. The third-order valence-corrected chi connectivity index (χ3v) is 3.95. The second-order valence-electron chi connectivity index (χ2n) is 4.96. The molecule has 0 unspecified atom stereocenters. The quantitative estimate of drug-likeness (QED) is 0.736. The van der Waals surface area contributed by atoms with Gasteiger partial charge in [-0.1, -0.05) is 18.2 Å². The van der Waals surface area contributed by atoms with E-state index in [0.717, 1.165) is 6.42 Å². The summed E-state index contributed by atoms with van der Waals surface area (Å²) in [6.07, 6.45) is 1.93. The predicted octanol–water partition coefficient (Wildman–Crippen LogP) is 2.62. The molecule has 1 aromatic carbocycles. The fourth-order valence-corrected chi connectivity index (χ4v) is 2.72. The molecule has 0 saturated heterocycles. The third-order valence-electron chi connectivity index (χ3n) is 3.22. The zero-order chi connectivity index (χ0) is 15.6. The van der Waals surface area contributed by atoms with E-state index in [0.29, 0.717) is 31.5 Å². The Balaban J connectivity index is 1.54. The average Bonchev–Trinajstić information content (AvgIpc) is 3.05. The van der Waals surface area contributed by atoms with Crippen LogP contribution in [0.25, 0.3) is 0 Å². The molecule has 1 heterocycles. The molecule has 116 valence electrons. The molecule has 0 saturated carbocycles. The summed E-state index contributed by atoms with van der Waals surface area (Å²) >= 11 is 1.66. The second-order valence-corrected chi connectivity index (χ2v) is 5.74. The van der Waals surface area contributed by atoms with E-state index < -0.39 is 0 Å². The fourth-order valence-electron chi connectivity index (χ4n) is 2.01. The van der Waals surface area contributed by atoms with E-state index in [1.54, 1.807) is 23.5 Å². The molecule has 5 heteroatoms. The number of carbonyl (C=O) groups is 2. The third kappa shape index (κ3) is 5.69. The molecule has 0 fully saturated rings. The molecule has 2 N–H and O–H groups in total. The fraction of sp³-hybridized carbons (Fsp3) is 0.294. The van der Waals surface area contributed by atoms with E-state index >= 15 is 0 Å². The largest absolute Gasteiger partial charge is 0.356 e. The highest BCUT2D eigenvalue weighted by molar-refractivity contribution is 7.07. The maximum Gasteiger partial charge on any atom is 0.251 e. The highest BCUT2D eigenvalue weighted by Gasteiger charge is 2.05. The summed E-state index contributed by atoms with van der Waals surface area (Å²) in [6.45, 7) is 1.16. The van der Waals surface area contributed by atoms with Crippen molar-refractivity contribution < 1.29 is 9.59 Å². The minimum atomic E-state index is -0.0986. The smallest absolute Gasteiger partial charge is 0.251 e. The SMILES string of the molecule is O=C(CCCNC(=O)c1ccccc1)NCCc1ccsc1. The van der Waals surface area contributed by atoms with Crippen LogP contribution in [0.4, 0.5) is 0 Å². The molecule has 0 aliphatic rings. The molecule has 0 aliphatic carbocycles. The molecule has 2 amide bonds. The van der Waals surface area contributed by atoms with Gasteiger partial charge in [-0.25, -0.2) is 0 Å². The van der Waals surface area contributed by atoms with Gasteiger partial charge in [0.1, 0.15) is 0 Å². The van der Waals surface area contributed by atoms with Crippen molar-refractivity contribution >= 4 is 23.2 Å². The van der Waals surface area contributed by atoms with Crippen LogP contribution in [0.2, 0.25) is 0 Å². The number of amides is 2. The molecule has 4 nitrogen and oxygen atoms in total. The van der Waals surface area contributed by atoms with Crippen LogP contribution >= 0.6 is 11.3 Å². The summed E-state index contributed by atoms with van der Waals surface area (Å²) in [4.78, 5) is 23.4. The van der Waals surface area contributed by atoms with Crippen molar-refractivity contribution in [1.29, 1.82) is 0 Å². The van der Waals surface area contributed by atoms with Crippen LogP contribution in [0.3, 0.4) is 0 Å². The van der Waals surface area contributed by atoms with Gasteiger partial charge in [-0.3, -0.25) is 9.59 Å². The lowest BCUT2D eigenvalue weighted by molar-refractivity contribution is -0.121. The van der Waals surface area contributed by atoms with Crippen LogP contribution < -0.4 is 10.6 Å². The van der Waals surface area contributed by atoms with Gasteiger partial charge in [-0.2, -0.15) is 11.3 Å². The van der Waals surface area contributed by atoms with E-state index in [9.17, 15) is 9.59 Å². The second kappa shape index (κ2) is 9.00. The Kier molecular flexibility index (Phi) is 6.64. The van der Waals surface area contributed by atoms with Crippen LogP contribution in [0, 0.1) is 0 Å². The van der Waals surface area contributed by atoms with Gasteiger partial charge < -0.3 is 10.6 Å². The molecule has 22 heavy (non-hydrogen) atoms. The molecule has 0 aliphatic heterocycles. The molecule has 2 aromatic rings. The lowest BCUT2D eigenvalue weighted by Gasteiger charge is -2.06. The zero-order valence-corrected chi connectivity index (χ0v) is 13.2. The van der Waals surface area contributed by atoms with E-state index in [-0.39, 0.29) is 11.8 Å².